The molecule has 0 saturated heterocycles. The smallest absolute Gasteiger partial charge is 0.305 e. The molecule has 2 aromatic rings. The summed E-state index contributed by atoms with van der Waals surface area (Å²) in [6.07, 6.45) is -0.0852. The van der Waals surface area contributed by atoms with Gasteiger partial charge in [-0.15, -0.1) is 11.3 Å². The number of ether oxygens (including phenoxy) is 1. The maximum absolute atomic E-state index is 12.2. The SMILES string of the molecule is CCOc1ccc(-c2nc(C(=O)N(C)CCC(=O)O)cs2)cc1. The zero-order valence-corrected chi connectivity index (χ0v) is 13.8. The van der Waals surface area contributed by atoms with E-state index < -0.39 is 5.97 Å². The van der Waals surface area contributed by atoms with E-state index in [2.05, 4.69) is 4.98 Å². The Labute approximate surface area is 138 Å². The largest absolute Gasteiger partial charge is 0.494 e. The van der Waals surface area contributed by atoms with Gasteiger partial charge in [0.1, 0.15) is 16.5 Å². The van der Waals surface area contributed by atoms with Crippen LogP contribution in [-0.4, -0.2) is 47.1 Å². The summed E-state index contributed by atoms with van der Waals surface area (Å²) in [4.78, 5) is 28.5. The lowest BCUT2D eigenvalue weighted by molar-refractivity contribution is -0.137. The molecule has 23 heavy (non-hydrogen) atoms. The molecule has 0 unspecified atom stereocenters. The minimum absolute atomic E-state index is 0.0852. The van der Waals surface area contributed by atoms with E-state index in [1.54, 1.807) is 12.4 Å². The van der Waals surface area contributed by atoms with Crippen molar-refractivity contribution in [3.05, 3.63) is 35.3 Å². The second-order valence-corrected chi connectivity index (χ2v) is 5.72. The Hall–Kier alpha value is -2.41. The van der Waals surface area contributed by atoms with Gasteiger partial charge in [-0.3, -0.25) is 9.59 Å². The first-order chi connectivity index (χ1) is 11.0. The second-order valence-electron chi connectivity index (χ2n) is 4.87. The van der Waals surface area contributed by atoms with Crippen molar-refractivity contribution in [2.75, 3.05) is 20.2 Å². The molecule has 0 aliphatic heterocycles. The van der Waals surface area contributed by atoms with E-state index in [-0.39, 0.29) is 18.9 Å². The Morgan fingerprint density at radius 3 is 2.61 bits per heavy atom. The van der Waals surface area contributed by atoms with Gasteiger partial charge in [0.2, 0.25) is 0 Å². The maximum atomic E-state index is 12.2. The highest BCUT2D eigenvalue weighted by molar-refractivity contribution is 7.13. The average molecular weight is 334 g/mol. The van der Waals surface area contributed by atoms with Crippen molar-refractivity contribution in [1.29, 1.82) is 0 Å². The average Bonchev–Trinajstić information content (AvgIpc) is 3.02. The summed E-state index contributed by atoms with van der Waals surface area (Å²) in [6, 6.07) is 7.51. The Morgan fingerprint density at radius 1 is 1.30 bits per heavy atom. The molecule has 1 heterocycles. The first-order valence-corrected chi connectivity index (χ1v) is 8.05. The Morgan fingerprint density at radius 2 is 2.00 bits per heavy atom. The highest BCUT2D eigenvalue weighted by Crippen LogP contribution is 2.26. The van der Waals surface area contributed by atoms with Gasteiger partial charge in [0.25, 0.3) is 5.91 Å². The Kier molecular flexibility index (Phi) is 5.70. The van der Waals surface area contributed by atoms with E-state index in [9.17, 15) is 9.59 Å². The van der Waals surface area contributed by atoms with Crippen LogP contribution in [0.4, 0.5) is 0 Å². The second kappa shape index (κ2) is 7.73. The van der Waals surface area contributed by atoms with Crippen molar-refractivity contribution in [2.24, 2.45) is 0 Å². The summed E-state index contributed by atoms with van der Waals surface area (Å²) in [5, 5.41) is 11.1. The van der Waals surface area contributed by atoms with Crippen LogP contribution in [0.5, 0.6) is 5.75 Å². The molecule has 0 saturated carbocycles. The molecular formula is C16H18N2O4S. The molecule has 122 valence electrons. The molecule has 0 bridgehead atoms. The predicted octanol–water partition coefficient (Wildman–Crippen LogP) is 2.76. The number of thiazole rings is 1. The van der Waals surface area contributed by atoms with E-state index >= 15 is 0 Å². The molecule has 0 aliphatic rings. The third kappa shape index (κ3) is 4.53. The third-order valence-corrected chi connectivity index (χ3v) is 4.03. The number of benzene rings is 1. The van der Waals surface area contributed by atoms with Gasteiger partial charge in [-0.05, 0) is 31.2 Å². The van der Waals surface area contributed by atoms with Crippen molar-refractivity contribution >= 4 is 23.2 Å². The molecule has 2 rings (SSSR count). The van der Waals surface area contributed by atoms with Crippen LogP contribution in [0.25, 0.3) is 10.6 Å². The zero-order valence-electron chi connectivity index (χ0n) is 13.0. The van der Waals surface area contributed by atoms with Gasteiger partial charge in [-0.25, -0.2) is 4.98 Å². The first kappa shape index (κ1) is 17.0. The van der Waals surface area contributed by atoms with Crippen molar-refractivity contribution < 1.29 is 19.4 Å². The van der Waals surface area contributed by atoms with Crippen LogP contribution < -0.4 is 4.74 Å². The molecule has 0 fully saturated rings. The van der Waals surface area contributed by atoms with Crippen LogP contribution in [0.2, 0.25) is 0 Å². The van der Waals surface area contributed by atoms with Crippen LogP contribution in [-0.2, 0) is 4.79 Å². The van der Waals surface area contributed by atoms with Crippen LogP contribution in [0.1, 0.15) is 23.8 Å². The van der Waals surface area contributed by atoms with Gasteiger partial charge in [-0.2, -0.15) is 0 Å². The van der Waals surface area contributed by atoms with Gasteiger partial charge in [-0.1, -0.05) is 0 Å². The minimum atomic E-state index is -0.932. The van der Waals surface area contributed by atoms with Crippen LogP contribution in [0.3, 0.4) is 0 Å². The molecule has 0 spiro atoms. The van der Waals surface area contributed by atoms with E-state index in [0.29, 0.717) is 12.3 Å². The molecule has 1 amide bonds. The topological polar surface area (TPSA) is 79.7 Å². The number of aliphatic carboxylic acids is 1. The number of carboxylic acid groups (broad SMARTS) is 1. The van der Waals surface area contributed by atoms with Crippen LogP contribution in [0.15, 0.2) is 29.6 Å². The van der Waals surface area contributed by atoms with Crippen molar-refractivity contribution in [3.8, 4) is 16.3 Å². The maximum Gasteiger partial charge on any atom is 0.305 e. The third-order valence-electron chi connectivity index (χ3n) is 3.14. The Bertz CT molecular complexity index is 682. The normalized spacial score (nSPS) is 10.3. The summed E-state index contributed by atoms with van der Waals surface area (Å²) in [5.41, 5.74) is 1.23. The molecular weight excluding hydrogens is 316 g/mol. The van der Waals surface area contributed by atoms with E-state index in [0.717, 1.165) is 16.3 Å². The number of carboxylic acids is 1. The number of amides is 1. The molecule has 1 aromatic heterocycles. The number of hydrogen-bond acceptors (Lipinski definition) is 5. The summed E-state index contributed by atoms with van der Waals surface area (Å²) in [6.45, 7) is 2.69. The zero-order chi connectivity index (χ0) is 16.8. The van der Waals surface area contributed by atoms with Crippen molar-refractivity contribution in [3.63, 3.8) is 0 Å². The van der Waals surface area contributed by atoms with Crippen LogP contribution in [0, 0.1) is 0 Å². The Balaban J connectivity index is 2.07. The number of hydrogen-bond donors (Lipinski definition) is 1. The number of nitrogens with zero attached hydrogens (tertiary/aromatic N) is 2. The lowest BCUT2D eigenvalue weighted by Crippen LogP contribution is -2.29. The number of aromatic nitrogens is 1. The molecule has 7 heteroatoms. The van der Waals surface area contributed by atoms with Crippen molar-refractivity contribution in [1.82, 2.24) is 9.88 Å². The highest BCUT2D eigenvalue weighted by Gasteiger charge is 2.16. The lowest BCUT2D eigenvalue weighted by atomic mass is 10.2. The fraction of sp³-hybridized carbons (Fsp3) is 0.312. The fourth-order valence-electron chi connectivity index (χ4n) is 1.93. The summed E-state index contributed by atoms with van der Waals surface area (Å²) >= 11 is 1.38. The van der Waals surface area contributed by atoms with Gasteiger partial charge >= 0.3 is 5.97 Å². The van der Waals surface area contributed by atoms with Gasteiger partial charge in [0.05, 0.1) is 13.0 Å². The molecule has 1 N–H and O–H groups in total. The number of carbonyl (C=O) groups is 2. The molecule has 1 aromatic carbocycles. The predicted molar refractivity (Wildman–Crippen MR) is 87.9 cm³/mol. The first-order valence-electron chi connectivity index (χ1n) is 7.17. The van der Waals surface area contributed by atoms with Gasteiger partial charge in [0.15, 0.2) is 0 Å². The molecule has 6 nitrogen and oxygen atoms in total. The summed E-state index contributed by atoms with van der Waals surface area (Å²) < 4.78 is 5.39. The van der Waals surface area contributed by atoms with E-state index in [1.165, 1.54) is 16.2 Å². The van der Waals surface area contributed by atoms with Gasteiger partial charge in [0, 0.05) is 24.5 Å². The monoisotopic (exact) mass is 334 g/mol. The minimum Gasteiger partial charge on any atom is -0.494 e. The molecule has 0 aliphatic carbocycles. The van der Waals surface area contributed by atoms with E-state index in [4.69, 9.17) is 9.84 Å². The standard InChI is InChI=1S/C16H18N2O4S/c1-3-22-12-6-4-11(5-7-12)15-17-13(10-23-15)16(21)18(2)9-8-14(19)20/h4-7,10H,3,8-9H2,1-2H3,(H,19,20). The van der Waals surface area contributed by atoms with Crippen molar-refractivity contribution in [2.45, 2.75) is 13.3 Å². The fourth-order valence-corrected chi connectivity index (χ4v) is 2.73. The lowest BCUT2D eigenvalue weighted by Gasteiger charge is -2.14. The number of rotatable bonds is 7. The highest BCUT2D eigenvalue weighted by atomic mass is 32.1. The van der Waals surface area contributed by atoms with E-state index in [1.807, 2.05) is 31.2 Å². The van der Waals surface area contributed by atoms with Gasteiger partial charge < -0.3 is 14.7 Å². The van der Waals surface area contributed by atoms with Crippen LogP contribution >= 0.6 is 11.3 Å². The number of carbonyl (C=O) groups excluding carboxylic acids is 1. The summed E-state index contributed by atoms with van der Waals surface area (Å²) in [5.74, 6) is -0.421. The summed E-state index contributed by atoms with van der Waals surface area (Å²) in [7, 11) is 1.57. The quantitative estimate of drug-likeness (QED) is 0.842. The molecule has 0 radical (unpaired) electrons. The molecule has 0 atom stereocenters.